The number of rotatable bonds is 4. The van der Waals surface area contributed by atoms with E-state index in [4.69, 9.17) is 0 Å². The highest BCUT2D eigenvalue weighted by Crippen LogP contribution is 2.13. The molecule has 2 aromatic rings. The van der Waals surface area contributed by atoms with Crippen LogP contribution in [0.15, 0.2) is 54.6 Å². The van der Waals surface area contributed by atoms with E-state index in [2.05, 4.69) is 19.1 Å². The van der Waals surface area contributed by atoms with Gasteiger partial charge in [-0.3, -0.25) is 9.59 Å². The predicted octanol–water partition coefficient (Wildman–Crippen LogP) is 3.30. The van der Waals surface area contributed by atoms with Crippen molar-refractivity contribution in [2.45, 2.75) is 26.2 Å². The molecule has 2 amide bonds. The molecule has 1 heterocycles. The zero-order chi connectivity index (χ0) is 18.4. The standard InChI is InChI=1S/C22H26N2O2/c1-18-8-5-6-9-19(18)12-13-21(25)23-14-7-15-24(17-16-23)22(26)20-10-3-2-4-11-20/h2-6,8-11H,7,12-17H2,1H3. The van der Waals surface area contributed by atoms with Gasteiger partial charge in [0.1, 0.15) is 0 Å². The Morgan fingerprint density at radius 3 is 2.27 bits per heavy atom. The topological polar surface area (TPSA) is 40.6 Å². The lowest BCUT2D eigenvalue weighted by atomic mass is 10.0. The zero-order valence-corrected chi connectivity index (χ0v) is 15.4. The normalized spacial score (nSPS) is 14.8. The summed E-state index contributed by atoms with van der Waals surface area (Å²) in [5.41, 5.74) is 3.18. The molecule has 0 spiro atoms. The molecule has 0 bridgehead atoms. The summed E-state index contributed by atoms with van der Waals surface area (Å²) in [5, 5.41) is 0. The van der Waals surface area contributed by atoms with Crippen molar-refractivity contribution in [2.24, 2.45) is 0 Å². The summed E-state index contributed by atoms with van der Waals surface area (Å²) in [4.78, 5) is 29.0. The van der Waals surface area contributed by atoms with Crippen molar-refractivity contribution in [3.63, 3.8) is 0 Å². The Bertz CT molecular complexity index is 758. The second kappa shape index (κ2) is 8.65. The molecule has 4 heteroatoms. The summed E-state index contributed by atoms with van der Waals surface area (Å²) < 4.78 is 0. The molecular formula is C22H26N2O2. The molecule has 4 nitrogen and oxygen atoms in total. The number of amides is 2. The highest BCUT2D eigenvalue weighted by molar-refractivity contribution is 5.94. The molecule has 1 aliphatic heterocycles. The zero-order valence-electron chi connectivity index (χ0n) is 15.4. The molecular weight excluding hydrogens is 324 g/mol. The van der Waals surface area contributed by atoms with E-state index in [1.807, 2.05) is 52.3 Å². The molecule has 0 unspecified atom stereocenters. The summed E-state index contributed by atoms with van der Waals surface area (Å²) >= 11 is 0. The molecule has 0 atom stereocenters. The van der Waals surface area contributed by atoms with E-state index >= 15 is 0 Å². The first-order valence-electron chi connectivity index (χ1n) is 9.32. The lowest BCUT2D eigenvalue weighted by molar-refractivity contribution is -0.131. The van der Waals surface area contributed by atoms with Gasteiger partial charge in [0, 0.05) is 38.2 Å². The lowest BCUT2D eigenvalue weighted by Crippen LogP contribution is -2.37. The van der Waals surface area contributed by atoms with Crippen LogP contribution in [-0.4, -0.2) is 47.8 Å². The maximum absolute atomic E-state index is 12.6. The number of nitrogens with zero attached hydrogens (tertiary/aromatic N) is 2. The van der Waals surface area contributed by atoms with Crippen molar-refractivity contribution in [1.29, 1.82) is 0 Å². The van der Waals surface area contributed by atoms with Crippen LogP contribution in [0.4, 0.5) is 0 Å². The van der Waals surface area contributed by atoms with E-state index < -0.39 is 0 Å². The summed E-state index contributed by atoms with van der Waals surface area (Å²) in [6.07, 6.45) is 2.13. The van der Waals surface area contributed by atoms with Gasteiger partial charge in [-0.2, -0.15) is 0 Å². The van der Waals surface area contributed by atoms with Crippen LogP contribution in [0, 0.1) is 6.92 Å². The van der Waals surface area contributed by atoms with E-state index in [0.29, 0.717) is 31.6 Å². The highest BCUT2D eigenvalue weighted by Gasteiger charge is 2.22. The molecule has 136 valence electrons. The molecule has 26 heavy (non-hydrogen) atoms. The monoisotopic (exact) mass is 350 g/mol. The SMILES string of the molecule is Cc1ccccc1CCC(=O)N1CCCN(C(=O)c2ccccc2)CC1. The lowest BCUT2D eigenvalue weighted by Gasteiger charge is -2.22. The first-order valence-corrected chi connectivity index (χ1v) is 9.32. The molecule has 0 aromatic heterocycles. The third-order valence-electron chi connectivity index (χ3n) is 5.03. The highest BCUT2D eigenvalue weighted by atomic mass is 16.2. The molecule has 2 aromatic carbocycles. The number of carbonyl (C=O) groups is 2. The molecule has 1 saturated heterocycles. The third kappa shape index (κ3) is 4.51. The van der Waals surface area contributed by atoms with Crippen LogP contribution >= 0.6 is 0 Å². The first-order chi connectivity index (χ1) is 12.6. The molecule has 3 rings (SSSR count). The van der Waals surface area contributed by atoms with Crippen molar-refractivity contribution < 1.29 is 9.59 Å². The molecule has 0 saturated carbocycles. The number of hydrogen-bond donors (Lipinski definition) is 0. The molecule has 1 aliphatic rings. The Balaban J connectivity index is 1.54. The van der Waals surface area contributed by atoms with Crippen LogP contribution in [0.5, 0.6) is 0 Å². The smallest absolute Gasteiger partial charge is 0.253 e. The van der Waals surface area contributed by atoms with Gasteiger partial charge in [-0.05, 0) is 43.0 Å². The quantitative estimate of drug-likeness (QED) is 0.849. The number of hydrogen-bond acceptors (Lipinski definition) is 2. The van der Waals surface area contributed by atoms with Gasteiger partial charge < -0.3 is 9.80 Å². The molecule has 0 radical (unpaired) electrons. The minimum Gasteiger partial charge on any atom is -0.341 e. The van der Waals surface area contributed by atoms with E-state index in [-0.39, 0.29) is 11.8 Å². The summed E-state index contributed by atoms with van der Waals surface area (Å²) in [6, 6.07) is 17.6. The Morgan fingerprint density at radius 1 is 0.846 bits per heavy atom. The van der Waals surface area contributed by atoms with Crippen molar-refractivity contribution in [1.82, 2.24) is 9.80 Å². The van der Waals surface area contributed by atoms with Crippen LogP contribution < -0.4 is 0 Å². The summed E-state index contributed by atoms with van der Waals surface area (Å²) in [7, 11) is 0. The van der Waals surface area contributed by atoms with Crippen LogP contribution in [0.2, 0.25) is 0 Å². The third-order valence-corrected chi connectivity index (χ3v) is 5.03. The van der Waals surface area contributed by atoms with Gasteiger partial charge in [-0.15, -0.1) is 0 Å². The number of aryl methyl sites for hydroxylation is 2. The van der Waals surface area contributed by atoms with Crippen LogP contribution in [-0.2, 0) is 11.2 Å². The van der Waals surface area contributed by atoms with Gasteiger partial charge in [0.05, 0.1) is 0 Å². The average Bonchev–Trinajstić information content (AvgIpc) is 2.93. The van der Waals surface area contributed by atoms with Crippen molar-refractivity contribution in [2.75, 3.05) is 26.2 Å². The van der Waals surface area contributed by atoms with E-state index in [9.17, 15) is 9.59 Å². The maximum atomic E-state index is 12.6. The minimum absolute atomic E-state index is 0.0554. The van der Waals surface area contributed by atoms with Crippen molar-refractivity contribution >= 4 is 11.8 Å². The largest absolute Gasteiger partial charge is 0.341 e. The Kier molecular flexibility index (Phi) is 6.05. The van der Waals surface area contributed by atoms with Crippen LogP contribution in [0.3, 0.4) is 0 Å². The Labute approximate surface area is 155 Å². The minimum atomic E-state index is 0.0554. The van der Waals surface area contributed by atoms with Crippen molar-refractivity contribution in [3.8, 4) is 0 Å². The predicted molar refractivity (Wildman–Crippen MR) is 103 cm³/mol. The first kappa shape index (κ1) is 18.2. The van der Waals surface area contributed by atoms with Gasteiger partial charge in [-0.1, -0.05) is 42.5 Å². The number of benzene rings is 2. The molecule has 1 fully saturated rings. The summed E-state index contributed by atoms with van der Waals surface area (Å²) in [6.45, 7) is 4.73. The van der Waals surface area contributed by atoms with Gasteiger partial charge in [0.2, 0.25) is 5.91 Å². The molecule has 0 aliphatic carbocycles. The van der Waals surface area contributed by atoms with E-state index in [1.165, 1.54) is 11.1 Å². The van der Waals surface area contributed by atoms with Gasteiger partial charge in [-0.25, -0.2) is 0 Å². The Morgan fingerprint density at radius 2 is 1.50 bits per heavy atom. The van der Waals surface area contributed by atoms with Crippen LogP contribution in [0.1, 0.15) is 34.3 Å². The second-order valence-electron chi connectivity index (χ2n) is 6.82. The fourth-order valence-electron chi connectivity index (χ4n) is 3.42. The molecule has 0 N–H and O–H groups in total. The fourth-order valence-corrected chi connectivity index (χ4v) is 3.42. The fraction of sp³-hybridized carbons (Fsp3) is 0.364. The van der Waals surface area contributed by atoms with Gasteiger partial charge in [0.25, 0.3) is 5.91 Å². The van der Waals surface area contributed by atoms with E-state index in [0.717, 1.165) is 19.4 Å². The van der Waals surface area contributed by atoms with Crippen molar-refractivity contribution in [3.05, 3.63) is 71.3 Å². The van der Waals surface area contributed by atoms with Gasteiger partial charge >= 0.3 is 0 Å². The Hall–Kier alpha value is -2.62. The van der Waals surface area contributed by atoms with E-state index in [1.54, 1.807) is 0 Å². The maximum Gasteiger partial charge on any atom is 0.253 e. The second-order valence-corrected chi connectivity index (χ2v) is 6.82. The average molecular weight is 350 g/mol. The number of carbonyl (C=O) groups excluding carboxylic acids is 2. The van der Waals surface area contributed by atoms with Gasteiger partial charge in [0.15, 0.2) is 0 Å². The van der Waals surface area contributed by atoms with Crippen LogP contribution in [0.25, 0.3) is 0 Å². The summed E-state index contributed by atoms with van der Waals surface area (Å²) in [5.74, 6) is 0.238.